The summed E-state index contributed by atoms with van der Waals surface area (Å²) in [6.07, 6.45) is 26.5. The van der Waals surface area contributed by atoms with Crippen LogP contribution >= 0.6 is 0 Å². The van der Waals surface area contributed by atoms with Gasteiger partial charge in [-0.1, -0.05) is 142 Å². The molecule has 10 nitrogen and oxygen atoms in total. The maximum absolute atomic E-state index is 14.4. The van der Waals surface area contributed by atoms with E-state index in [1.54, 1.807) is 0 Å². The van der Waals surface area contributed by atoms with Crippen molar-refractivity contribution in [3.05, 3.63) is 0 Å². The van der Waals surface area contributed by atoms with Crippen molar-refractivity contribution in [2.75, 3.05) is 13.2 Å². The Morgan fingerprint density at radius 3 is 1.11 bits per heavy atom. The molecule has 2 fully saturated rings. The Morgan fingerprint density at radius 2 is 0.726 bits per heavy atom. The number of carbonyl (C=O) groups is 4. The van der Waals surface area contributed by atoms with Crippen LogP contribution in [0.2, 0.25) is 0 Å². The van der Waals surface area contributed by atoms with Crippen molar-refractivity contribution in [2.45, 2.75) is 283 Å². The van der Waals surface area contributed by atoms with E-state index in [-0.39, 0.29) is 47.9 Å². The molecule has 2 atom stereocenters. The lowest BCUT2D eigenvalue weighted by atomic mass is 9.80. The van der Waals surface area contributed by atoms with E-state index in [1.165, 1.54) is 96.3 Å². The molecule has 10 heteroatoms. The number of esters is 4. The molecule has 2 rings (SSSR count). The minimum atomic E-state index is -1.27. The van der Waals surface area contributed by atoms with Crippen LogP contribution in [0.15, 0.2) is 0 Å². The molecule has 0 saturated carbocycles. The standard InChI is InChI=1S/C52H96N2O8/c1-11-13-15-17-19-21-23-25-27-29-31-33-59-45(55)35-43(47(57)60-34-32-30-28-26-24-22-20-18-16-14-12-2)44(48(58)62-42-39-51(7,8)54-52(9,10)40-42)36-46(56)61-41-37-49(3,4)53-50(5,6)38-41/h41-44,53-54H,11-40H2,1-10H3. The van der Waals surface area contributed by atoms with Crippen LogP contribution in [0, 0.1) is 11.8 Å². The van der Waals surface area contributed by atoms with Gasteiger partial charge in [-0.05, 0) is 68.2 Å². The average Bonchev–Trinajstić information content (AvgIpc) is 3.14. The molecule has 2 aliphatic heterocycles. The quantitative estimate of drug-likeness (QED) is 0.0373. The first kappa shape index (κ1) is 55.9. The Bertz CT molecular complexity index is 1250. The first-order chi connectivity index (χ1) is 29.3. The fourth-order valence-corrected chi connectivity index (χ4v) is 10.3. The first-order valence-electron chi connectivity index (χ1n) is 25.6. The SMILES string of the molecule is CCCCCCCCCCCCCOC(=O)CC(C(=O)OCCCCCCCCCCCCC)C(CC(=O)OC1CC(C)(C)NC(C)(C)C1)C(=O)OC1CC(C)(C)NC(C)(C)C1. The number of hydrogen-bond acceptors (Lipinski definition) is 10. The van der Waals surface area contributed by atoms with Gasteiger partial charge in [-0.25, -0.2) is 0 Å². The van der Waals surface area contributed by atoms with Crippen LogP contribution in [0.3, 0.4) is 0 Å². The van der Waals surface area contributed by atoms with E-state index < -0.39 is 48.2 Å². The van der Waals surface area contributed by atoms with E-state index in [0.29, 0.717) is 32.1 Å². The molecule has 362 valence electrons. The van der Waals surface area contributed by atoms with Gasteiger partial charge in [-0.15, -0.1) is 0 Å². The summed E-state index contributed by atoms with van der Waals surface area (Å²) in [5.41, 5.74) is -1.14. The van der Waals surface area contributed by atoms with Crippen molar-refractivity contribution in [3.8, 4) is 0 Å². The van der Waals surface area contributed by atoms with Crippen molar-refractivity contribution in [3.63, 3.8) is 0 Å². The average molecular weight is 877 g/mol. The highest BCUT2D eigenvalue weighted by atomic mass is 16.6. The van der Waals surface area contributed by atoms with Crippen LogP contribution in [0.4, 0.5) is 0 Å². The summed E-state index contributed by atoms with van der Waals surface area (Å²) in [6, 6.07) is 0. The summed E-state index contributed by atoms with van der Waals surface area (Å²) < 4.78 is 23.9. The van der Waals surface area contributed by atoms with Crippen LogP contribution in [-0.4, -0.2) is 71.5 Å². The second-order valence-corrected chi connectivity index (χ2v) is 21.9. The molecule has 2 N–H and O–H groups in total. The largest absolute Gasteiger partial charge is 0.466 e. The Balaban J connectivity index is 2.16. The predicted molar refractivity (Wildman–Crippen MR) is 252 cm³/mol. The number of ether oxygens (including phenoxy) is 4. The minimum absolute atomic E-state index is 0.183. The Hall–Kier alpha value is -2.20. The number of rotatable bonds is 33. The summed E-state index contributed by atoms with van der Waals surface area (Å²) in [5, 5.41) is 7.24. The van der Waals surface area contributed by atoms with Gasteiger partial charge in [-0.2, -0.15) is 0 Å². The lowest BCUT2D eigenvalue weighted by molar-refractivity contribution is -0.173. The number of carbonyl (C=O) groups excluding carboxylic acids is 4. The summed E-state index contributed by atoms with van der Waals surface area (Å²) in [6.45, 7) is 21.5. The van der Waals surface area contributed by atoms with Gasteiger partial charge in [0.05, 0.1) is 37.9 Å². The highest BCUT2D eigenvalue weighted by Gasteiger charge is 2.45. The second kappa shape index (κ2) is 29.4. The zero-order valence-electron chi connectivity index (χ0n) is 41.8. The van der Waals surface area contributed by atoms with E-state index >= 15 is 0 Å². The third kappa shape index (κ3) is 25.3. The molecule has 0 aromatic rings. The molecule has 0 amide bonds. The zero-order chi connectivity index (χ0) is 46.1. The van der Waals surface area contributed by atoms with E-state index in [0.717, 1.165) is 38.5 Å². The van der Waals surface area contributed by atoms with Crippen LogP contribution in [-0.2, 0) is 38.1 Å². The Morgan fingerprint density at radius 1 is 0.419 bits per heavy atom. The van der Waals surface area contributed by atoms with Crippen molar-refractivity contribution in [1.29, 1.82) is 0 Å². The molecule has 62 heavy (non-hydrogen) atoms. The monoisotopic (exact) mass is 877 g/mol. The third-order valence-corrected chi connectivity index (χ3v) is 12.8. The third-order valence-electron chi connectivity index (χ3n) is 12.8. The molecule has 2 aliphatic rings. The molecule has 0 aliphatic carbocycles. The molecule has 2 unspecified atom stereocenters. The smallest absolute Gasteiger partial charge is 0.310 e. The fourth-order valence-electron chi connectivity index (χ4n) is 10.3. The number of unbranched alkanes of at least 4 members (excludes halogenated alkanes) is 20. The molecule has 0 bridgehead atoms. The van der Waals surface area contributed by atoms with Crippen LogP contribution in [0.25, 0.3) is 0 Å². The molecule has 0 radical (unpaired) electrons. The maximum atomic E-state index is 14.4. The maximum Gasteiger partial charge on any atom is 0.310 e. The molecular weight excluding hydrogens is 781 g/mol. The molecule has 0 aromatic heterocycles. The summed E-state index contributed by atoms with van der Waals surface area (Å²) in [5.74, 6) is -5.04. The Labute approximate surface area is 380 Å². The molecule has 2 heterocycles. The van der Waals surface area contributed by atoms with E-state index in [4.69, 9.17) is 18.9 Å². The summed E-state index contributed by atoms with van der Waals surface area (Å²) in [4.78, 5) is 56.0. The van der Waals surface area contributed by atoms with E-state index in [1.807, 2.05) is 0 Å². The van der Waals surface area contributed by atoms with Gasteiger partial charge in [0, 0.05) is 47.8 Å². The van der Waals surface area contributed by atoms with E-state index in [2.05, 4.69) is 79.9 Å². The van der Waals surface area contributed by atoms with Gasteiger partial charge < -0.3 is 29.6 Å². The lowest BCUT2D eigenvalue weighted by Gasteiger charge is -2.46. The Kier molecular flexibility index (Phi) is 26.5. The number of piperidine rings is 2. The summed E-state index contributed by atoms with van der Waals surface area (Å²) in [7, 11) is 0. The topological polar surface area (TPSA) is 129 Å². The highest BCUT2D eigenvalue weighted by Crippen LogP contribution is 2.34. The van der Waals surface area contributed by atoms with Gasteiger partial charge in [0.1, 0.15) is 12.2 Å². The van der Waals surface area contributed by atoms with Gasteiger partial charge in [0.15, 0.2) is 0 Å². The van der Waals surface area contributed by atoms with Crippen molar-refractivity contribution < 1.29 is 38.1 Å². The van der Waals surface area contributed by atoms with Crippen LogP contribution in [0.1, 0.15) is 249 Å². The van der Waals surface area contributed by atoms with Gasteiger partial charge in [0.25, 0.3) is 0 Å². The van der Waals surface area contributed by atoms with E-state index in [9.17, 15) is 19.2 Å². The zero-order valence-corrected chi connectivity index (χ0v) is 41.8. The fraction of sp³-hybridized carbons (Fsp3) is 0.923. The van der Waals surface area contributed by atoms with Crippen molar-refractivity contribution >= 4 is 23.9 Å². The van der Waals surface area contributed by atoms with Crippen molar-refractivity contribution in [1.82, 2.24) is 10.6 Å². The molecule has 0 aromatic carbocycles. The minimum Gasteiger partial charge on any atom is -0.466 e. The molecular formula is C52H96N2O8. The van der Waals surface area contributed by atoms with Gasteiger partial charge >= 0.3 is 23.9 Å². The second-order valence-electron chi connectivity index (χ2n) is 21.9. The van der Waals surface area contributed by atoms with Crippen LogP contribution < -0.4 is 10.6 Å². The molecule has 2 saturated heterocycles. The van der Waals surface area contributed by atoms with Crippen LogP contribution in [0.5, 0.6) is 0 Å². The number of hydrogen-bond donors (Lipinski definition) is 2. The van der Waals surface area contributed by atoms with Crippen molar-refractivity contribution in [2.24, 2.45) is 11.8 Å². The lowest BCUT2D eigenvalue weighted by Crippen LogP contribution is -2.60. The predicted octanol–water partition coefficient (Wildman–Crippen LogP) is 12.4. The first-order valence-corrected chi connectivity index (χ1v) is 25.6. The number of nitrogens with one attached hydrogen (secondary N) is 2. The summed E-state index contributed by atoms with van der Waals surface area (Å²) >= 11 is 0. The normalized spacial score (nSPS) is 19.3. The highest BCUT2D eigenvalue weighted by molar-refractivity contribution is 5.88. The van der Waals surface area contributed by atoms with Gasteiger partial charge in [0.2, 0.25) is 0 Å². The molecule has 0 spiro atoms. The van der Waals surface area contributed by atoms with Gasteiger partial charge in [-0.3, -0.25) is 19.2 Å².